The maximum atomic E-state index is 5.19. The van der Waals surface area contributed by atoms with Crippen LogP contribution in [0.4, 0.5) is 0 Å². The van der Waals surface area contributed by atoms with Gasteiger partial charge in [-0.15, -0.1) is 0 Å². The van der Waals surface area contributed by atoms with Crippen LogP contribution in [-0.2, 0) is 5.41 Å². The van der Waals surface area contributed by atoms with Crippen molar-refractivity contribution in [1.29, 1.82) is 0 Å². The number of hydrogen-bond acceptors (Lipinski definition) is 1. The van der Waals surface area contributed by atoms with Gasteiger partial charge in [0.05, 0.1) is 11.4 Å². The van der Waals surface area contributed by atoms with Crippen LogP contribution in [0.3, 0.4) is 0 Å². The van der Waals surface area contributed by atoms with Crippen molar-refractivity contribution in [2.75, 3.05) is 0 Å². The summed E-state index contributed by atoms with van der Waals surface area (Å²) in [6.45, 7) is 4.77. The molecular weight excluding hydrogens is 701 g/mol. The van der Waals surface area contributed by atoms with Crippen molar-refractivity contribution in [2.45, 2.75) is 19.3 Å². The molecule has 0 saturated carbocycles. The number of fused-ring (bicyclic) bond motifs is 9. The number of imidazole rings is 1. The SMILES string of the molecule is CC1(C)c2ccccc2-c2cc3c(-c4cc5ccccc5c5ccccc45)c4ccccc4c(-c4ccc(-c5nc6ccccn6c5-c5ccccc5)cc4)c3cc21. The van der Waals surface area contributed by atoms with Crippen molar-refractivity contribution in [1.82, 2.24) is 9.38 Å². The van der Waals surface area contributed by atoms with Crippen LogP contribution in [0.25, 0.3) is 105 Å². The maximum absolute atomic E-state index is 5.19. The molecular formula is C56H38N2. The number of benzene rings is 9. The molecule has 0 fully saturated rings. The monoisotopic (exact) mass is 738 g/mol. The Morgan fingerprint density at radius 1 is 0.397 bits per heavy atom. The Kier molecular flexibility index (Phi) is 7.01. The zero-order chi connectivity index (χ0) is 38.5. The molecule has 1 aliphatic rings. The zero-order valence-corrected chi connectivity index (χ0v) is 32.4. The molecule has 0 atom stereocenters. The second-order valence-corrected chi connectivity index (χ2v) is 16.3. The molecule has 0 amide bonds. The van der Waals surface area contributed by atoms with E-state index in [1.807, 2.05) is 0 Å². The maximum Gasteiger partial charge on any atom is 0.137 e. The molecule has 2 nitrogen and oxygen atoms in total. The average molecular weight is 739 g/mol. The number of rotatable bonds is 4. The topological polar surface area (TPSA) is 17.3 Å². The Hall–Kier alpha value is -7.29. The third kappa shape index (κ3) is 4.69. The second-order valence-electron chi connectivity index (χ2n) is 16.3. The second kappa shape index (κ2) is 12.4. The highest BCUT2D eigenvalue weighted by molar-refractivity contribution is 6.26. The molecule has 2 heteroatoms. The molecule has 9 aromatic carbocycles. The fourth-order valence-corrected chi connectivity index (χ4v) is 10.1. The Balaban J connectivity index is 1.16. The standard InChI is InChI=1S/C56H38N2/c1-56(2)49-25-13-12-22-42(49)45-33-47-48(34-50(45)56)52(35-27-29-36(30-28-35)54-55(37-16-4-3-5-17-37)58-31-15-14-26-51(58)57-54)43-23-10-11-24-44(43)53(47)46-32-38-18-6-7-19-39(38)40-20-8-9-21-41(40)46/h3-34H,1-2H3. The highest BCUT2D eigenvalue weighted by Gasteiger charge is 2.36. The van der Waals surface area contributed by atoms with Gasteiger partial charge in [0.1, 0.15) is 5.65 Å². The summed E-state index contributed by atoms with van der Waals surface area (Å²) in [6.07, 6.45) is 2.11. The van der Waals surface area contributed by atoms with Gasteiger partial charge in [-0.25, -0.2) is 4.98 Å². The van der Waals surface area contributed by atoms with Gasteiger partial charge in [-0.2, -0.15) is 0 Å². The molecule has 0 unspecified atom stereocenters. The van der Waals surface area contributed by atoms with Crippen molar-refractivity contribution >= 4 is 48.7 Å². The summed E-state index contributed by atoms with van der Waals surface area (Å²) in [6, 6.07) is 69.3. The Morgan fingerprint density at radius 2 is 1.02 bits per heavy atom. The smallest absolute Gasteiger partial charge is 0.137 e. The first-order chi connectivity index (χ1) is 28.5. The Labute approximate surface area is 337 Å². The molecule has 2 aromatic heterocycles. The zero-order valence-electron chi connectivity index (χ0n) is 32.4. The van der Waals surface area contributed by atoms with Crippen LogP contribution in [0.2, 0.25) is 0 Å². The van der Waals surface area contributed by atoms with Gasteiger partial charge >= 0.3 is 0 Å². The third-order valence-corrected chi connectivity index (χ3v) is 12.8. The van der Waals surface area contributed by atoms with Gasteiger partial charge in [-0.05, 0) is 118 Å². The van der Waals surface area contributed by atoms with Gasteiger partial charge in [0, 0.05) is 22.7 Å². The first-order valence-electron chi connectivity index (χ1n) is 20.2. The van der Waals surface area contributed by atoms with Gasteiger partial charge in [0.25, 0.3) is 0 Å². The van der Waals surface area contributed by atoms with Gasteiger partial charge in [0.15, 0.2) is 0 Å². The fourth-order valence-electron chi connectivity index (χ4n) is 10.1. The molecule has 2 heterocycles. The van der Waals surface area contributed by atoms with Crippen LogP contribution >= 0.6 is 0 Å². The molecule has 0 saturated heterocycles. The van der Waals surface area contributed by atoms with E-state index in [4.69, 9.17) is 4.98 Å². The largest absolute Gasteiger partial charge is 0.299 e. The van der Waals surface area contributed by atoms with Gasteiger partial charge < -0.3 is 0 Å². The summed E-state index contributed by atoms with van der Waals surface area (Å²) in [5.41, 5.74) is 15.6. The van der Waals surface area contributed by atoms with Crippen molar-refractivity contribution in [3.8, 4) is 55.9 Å². The van der Waals surface area contributed by atoms with Gasteiger partial charge in [-0.1, -0.05) is 172 Å². The lowest BCUT2D eigenvalue weighted by Gasteiger charge is -2.24. The lowest BCUT2D eigenvalue weighted by atomic mass is 9.79. The van der Waals surface area contributed by atoms with Crippen LogP contribution in [0, 0.1) is 0 Å². The molecule has 1 aliphatic carbocycles. The molecule has 0 radical (unpaired) electrons. The molecule has 0 N–H and O–H groups in total. The van der Waals surface area contributed by atoms with E-state index in [-0.39, 0.29) is 5.41 Å². The number of pyridine rings is 1. The Bertz CT molecular complexity index is 3460. The normalized spacial score (nSPS) is 13.1. The van der Waals surface area contributed by atoms with E-state index in [1.54, 1.807) is 0 Å². The van der Waals surface area contributed by atoms with Crippen LogP contribution in [0.15, 0.2) is 194 Å². The third-order valence-electron chi connectivity index (χ3n) is 12.8. The number of nitrogens with zero attached hydrogens (tertiary/aromatic N) is 2. The van der Waals surface area contributed by atoms with E-state index in [9.17, 15) is 0 Å². The van der Waals surface area contributed by atoms with Crippen LogP contribution in [0.5, 0.6) is 0 Å². The minimum Gasteiger partial charge on any atom is -0.299 e. The molecule has 0 aliphatic heterocycles. The van der Waals surface area contributed by atoms with E-state index < -0.39 is 0 Å². The molecule has 0 bridgehead atoms. The van der Waals surface area contributed by atoms with E-state index >= 15 is 0 Å². The van der Waals surface area contributed by atoms with Gasteiger partial charge in [-0.3, -0.25) is 4.40 Å². The summed E-state index contributed by atoms with van der Waals surface area (Å²) < 4.78 is 2.20. The highest BCUT2D eigenvalue weighted by atomic mass is 15.0. The fraction of sp³-hybridized carbons (Fsp3) is 0.0536. The summed E-state index contributed by atoms with van der Waals surface area (Å²) in [5, 5.41) is 10.1. The summed E-state index contributed by atoms with van der Waals surface area (Å²) in [4.78, 5) is 5.19. The Morgan fingerprint density at radius 3 is 1.83 bits per heavy atom. The average Bonchev–Trinajstić information content (AvgIpc) is 3.77. The van der Waals surface area contributed by atoms with Gasteiger partial charge in [0.2, 0.25) is 0 Å². The minimum atomic E-state index is -0.139. The molecule has 58 heavy (non-hydrogen) atoms. The first kappa shape index (κ1) is 32.9. The summed E-state index contributed by atoms with van der Waals surface area (Å²) >= 11 is 0. The molecule has 0 spiro atoms. The van der Waals surface area contributed by atoms with E-state index in [2.05, 4.69) is 213 Å². The first-order valence-corrected chi connectivity index (χ1v) is 20.2. The van der Waals surface area contributed by atoms with Crippen LogP contribution < -0.4 is 0 Å². The molecule has 12 rings (SSSR count). The van der Waals surface area contributed by atoms with E-state index in [1.165, 1.54) is 87.6 Å². The van der Waals surface area contributed by atoms with Crippen molar-refractivity contribution < 1.29 is 0 Å². The van der Waals surface area contributed by atoms with Crippen molar-refractivity contribution in [2.24, 2.45) is 0 Å². The minimum absolute atomic E-state index is 0.139. The summed E-state index contributed by atoms with van der Waals surface area (Å²) in [5.74, 6) is 0. The van der Waals surface area contributed by atoms with E-state index in [0.717, 1.165) is 28.2 Å². The predicted octanol–water partition coefficient (Wildman–Crippen LogP) is 14.9. The van der Waals surface area contributed by atoms with Crippen LogP contribution in [0.1, 0.15) is 25.0 Å². The number of aromatic nitrogens is 2. The highest BCUT2D eigenvalue weighted by Crippen LogP contribution is 2.54. The summed E-state index contributed by atoms with van der Waals surface area (Å²) in [7, 11) is 0. The van der Waals surface area contributed by atoms with Crippen LogP contribution in [-0.4, -0.2) is 9.38 Å². The lowest BCUT2D eigenvalue weighted by molar-refractivity contribution is 0.661. The predicted molar refractivity (Wildman–Crippen MR) is 245 cm³/mol. The van der Waals surface area contributed by atoms with Crippen molar-refractivity contribution in [3.05, 3.63) is 205 Å². The molecule has 11 aromatic rings. The molecule has 272 valence electrons. The quantitative estimate of drug-likeness (QED) is 0.130. The lowest BCUT2D eigenvalue weighted by Crippen LogP contribution is -2.14. The van der Waals surface area contributed by atoms with Crippen molar-refractivity contribution in [3.63, 3.8) is 0 Å². The van der Waals surface area contributed by atoms with E-state index in [0.29, 0.717) is 0 Å². The number of hydrogen-bond donors (Lipinski definition) is 0.